The molecule has 1 amide bonds. The van der Waals surface area contributed by atoms with E-state index in [1.54, 1.807) is 0 Å². The van der Waals surface area contributed by atoms with Gasteiger partial charge in [-0.25, -0.2) is 0 Å². The van der Waals surface area contributed by atoms with Crippen molar-refractivity contribution in [2.75, 3.05) is 19.8 Å². The molecule has 0 spiro atoms. The standard InChI is InChI=1S/C11H19NO3/c13-5-3-10(8-1-2-8)12-11(14)9-4-6-15-7-9/h8-10,13H,1-7H2,(H,12,14). The van der Waals surface area contributed by atoms with Crippen LogP contribution >= 0.6 is 0 Å². The molecular weight excluding hydrogens is 194 g/mol. The van der Waals surface area contributed by atoms with Crippen LogP contribution in [0.2, 0.25) is 0 Å². The Hall–Kier alpha value is -0.610. The number of amides is 1. The molecule has 4 nitrogen and oxygen atoms in total. The molecule has 2 unspecified atom stereocenters. The molecule has 2 atom stereocenters. The predicted molar refractivity (Wildman–Crippen MR) is 55.3 cm³/mol. The van der Waals surface area contributed by atoms with E-state index in [-0.39, 0.29) is 24.5 Å². The van der Waals surface area contributed by atoms with Gasteiger partial charge in [0.25, 0.3) is 0 Å². The number of nitrogens with one attached hydrogen (secondary N) is 1. The lowest BCUT2D eigenvalue weighted by Gasteiger charge is -2.19. The van der Waals surface area contributed by atoms with Gasteiger partial charge in [0.05, 0.1) is 12.5 Å². The molecule has 0 aromatic rings. The first-order valence-electron chi connectivity index (χ1n) is 5.80. The summed E-state index contributed by atoms with van der Waals surface area (Å²) in [5.74, 6) is 0.742. The maximum atomic E-state index is 11.8. The fourth-order valence-corrected chi connectivity index (χ4v) is 2.11. The van der Waals surface area contributed by atoms with E-state index < -0.39 is 0 Å². The lowest BCUT2D eigenvalue weighted by atomic mass is 10.1. The van der Waals surface area contributed by atoms with Crippen molar-refractivity contribution in [2.45, 2.75) is 31.7 Å². The van der Waals surface area contributed by atoms with Gasteiger partial charge >= 0.3 is 0 Å². The van der Waals surface area contributed by atoms with Crippen molar-refractivity contribution in [3.05, 3.63) is 0 Å². The van der Waals surface area contributed by atoms with Gasteiger partial charge in [0.15, 0.2) is 0 Å². The van der Waals surface area contributed by atoms with Crippen molar-refractivity contribution in [2.24, 2.45) is 11.8 Å². The van der Waals surface area contributed by atoms with Crippen LogP contribution in [0.5, 0.6) is 0 Å². The number of carbonyl (C=O) groups excluding carboxylic acids is 1. The molecule has 0 radical (unpaired) electrons. The molecular formula is C11H19NO3. The topological polar surface area (TPSA) is 58.6 Å². The van der Waals surface area contributed by atoms with E-state index in [2.05, 4.69) is 5.32 Å². The average Bonchev–Trinajstić information content (AvgIpc) is 2.92. The van der Waals surface area contributed by atoms with E-state index in [0.717, 1.165) is 6.42 Å². The van der Waals surface area contributed by atoms with Crippen molar-refractivity contribution >= 4 is 5.91 Å². The van der Waals surface area contributed by atoms with E-state index in [9.17, 15) is 4.79 Å². The molecule has 0 bridgehead atoms. The number of aliphatic hydroxyl groups is 1. The predicted octanol–water partition coefficient (Wildman–Crippen LogP) is 0.300. The van der Waals surface area contributed by atoms with Crippen molar-refractivity contribution in [3.8, 4) is 0 Å². The molecule has 2 fully saturated rings. The summed E-state index contributed by atoms with van der Waals surface area (Å²) in [7, 11) is 0. The van der Waals surface area contributed by atoms with E-state index in [1.807, 2.05) is 0 Å². The smallest absolute Gasteiger partial charge is 0.225 e. The Morgan fingerprint density at radius 1 is 1.47 bits per heavy atom. The molecule has 1 saturated heterocycles. The highest BCUT2D eigenvalue weighted by Gasteiger charge is 2.33. The minimum absolute atomic E-state index is 0.0324. The maximum Gasteiger partial charge on any atom is 0.225 e. The fourth-order valence-electron chi connectivity index (χ4n) is 2.11. The van der Waals surface area contributed by atoms with Crippen molar-refractivity contribution in [1.82, 2.24) is 5.32 Å². The van der Waals surface area contributed by atoms with Gasteiger partial charge in [-0.1, -0.05) is 0 Å². The maximum absolute atomic E-state index is 11.8. The Morgan fingerprint density at radius 2 is 2.27 bits per heavy atom. The molecule has 4 heteroatoms. The number of hydrogen-bond acceptors (Lipinski definition) is 3. The lowest BCUT2D eigenvalue weighted by Crippen LogP contribution is -2.40. The van der Waals surface area contributed by atoms with Gasteiger partial charge in [0, 0.05) is 19.3 Å². The van der Waals surface area contributed by atoms with E-state index in [4.69, 9.17) is 9.84 Å². The SMILES string of the molecule is O=C(NC(CCO)C1CC1)C1CCOC1. The molecule has 1 aliphatic heterocycles. The van der Waals surface area contributed by atoms with Crippen molar-refractivity contribution < 1.29 is 14.6 Å². The van der Waals surface area contributed by atoms with Gasteiger partial charge in [0.2, 0.25) is 5.91 Å². The molecule has 15 heavy (non-hydrogen) atoms. The second kappa shape index (κ2) is 4.94. The quantitative estimate of drug-likeness (QED) is 0.690. The number of hydrogen-bond donors (Lipinski definition) is 2. The highest BCUT2D eigenvalue weighted by molar-refractivity contribution is 5.79. The van der Waals surface area contributed by atoms with Crippen molar-refractivity contribution in [1.29, 1.82) is 0 Å². The summed E-state index contributed by atoms with van der Waals surface area (Å²) in [6.45, 7) is 1.41. The van der Waals surface area contributed by atoms with Crippen molar-refractivity contribution in [3.63, 3.8) is 0 Å². The van der Waals surface area contributed by atoms with Crippen LogP contribution < -0.4 is 5.32 Å². The second-order valence-electron chi connectivity index (χ2n) is 4.53. The summed E-state index contributed by atoms with van der Waals surface area (Å²) in [6, 6.07) is 0.183. The Morgan fingerprint density at radius 3 is 2.80 bits per heavy atom. The zero-order chi connectivity index (χ0) is 10.7. The minimum atomic E-state index is 0.0324. The molecule has 1 aliphatic carbocycles. The lowest BCUT2D eigenvalue weighted by molar-refractivity contribution is -0.125. The third-order valence-corrected chi connectivity index (χ3v) is 3.26. The Balaban J connectivity index is 1.79. The first kappa shape index (κ1) is 10.9. The van der Waals surface area contributed by atoms with Gasteiger partial charge in [-0.2, -0.15) is 0 Å². The average molecular weight is 213 g/mol. The van der Waals surface area contributed by atoms with Gasteiger partial charge in [0.1, 0.15) is 0 Å². The summed E-state index contributed by atoms with van der Waals surface area (Å²) < 4.78 is 5.19. The van der Waals surface area contributed by atoms with Crippen LogP contribution in [-0.4, -0.2) is 36.9 Å². The summed E-state index contributed by atoms with van der Waals surface area (Å²) in [6.07, 6.45) is 3.89. The zero-order valence-corrected chi connectivity index (χ0v) is 8.95. The summed E-state index contributed by atoms with van der Waals surface area (Å²) >= 11 is 0. The second-order valence-corrected chi connectivity index (χ2v) is 4.53. The zero-order valence-electron chi connectivity index (χ0n) is 8.95. The number of aliphatic hydroxyl groups excluding tert-OH is 1. The van der Waals surface area contributed by atoms with Crippen LogP contribution in [0.25, 0.3) is 0 Å². The van der Waals surface area contributed by atoms with Crippen LogP contribution in [0.3, 0.4) is 0 Å². The molecule has 2 rings (SSSR count). The molecule has 0 aromatic heterocycles. The molecule has 0 aromatic carbocycles. The highest BCUT2D eigenvalue weighted by Crippen LogP contribution is 2.34. The van der Waals surface area contributed by atoms with Gasteiger partial charge in [-0.05, 0) is 31.6 Å². The molecule has 2 N–H and O–H groups in total. The number of carbonyl (C=O) groups is 1. The van der Waals surface area contributed by atoms with Gasteiger partial charge < -0.3 is 15.2 Å². The van der Waals surface area contributed by atoms with Gasteiger partial charge in [-0.3, -0.25) is 4.79 Å². The minimum Gasteiger partial charge on any atom is -0.396 e. The number of ether oxygens (including phenoxy) is 1. The van der Waals surface area contributed by atoms with Crippen LogP contribution in [0.1, 0.15) is 25.7 Å². The van der Waals surface area contributed by atoms with Crippen LogP contribution in [0.4, 0.5) is 0 Å². The fraction of sp³-hybridized carbons (Fsp3) is 0.909. The molecule has 2 aliphatic rings. The highest BCUT2D eigenvalue weighted by atomic mass is 16.5. The van der Waals surface area contributed by atoms with Crippen LogP contribution in [-0.2, 0) is 9.53 Å². The third-order valence-electron chi connectivity index (χ3n) is 3.26. The van der Waals surface area contributed by atoms with Crippen LogP contribution in [0, 0.1) is 11.8 Å². The first-order valence-corrected chi connectivity index (χ1v) is 5.80. The van der Waals surface area contributed by atoms with Crippen LogP contribution in [0.15, 0.2) is 0 Å². The number of rotatable bonds is 5. The van der Waals surface area contributed by atoms with Gasteiger partial charge in [-0.15, -0.1) is 0 Å². The molecule has 1 saturated carbocycles. The largest absolute Gasteiger partial charge is 0.396 e. The summed E-state index contributed by atoms with van der Waals surface area (Å²) in [5.41, 5.74) is 0. The molecule has 1 heterocycles. The summed E-state index contributed by atoms with van der Waals surface area (Å²) in [4.78, 5) is 11.8. The Kier molecular flexibility index (Phi) is 3.59. The Labute approximate surface area is 90.0 Å². The van der Waals surface area contributed by atoms with E-state index in [0.29, 0.717) is 25.6 Å². The Bertz CT molecular complexity index is 222. The third kappa shape index (κ3) is 2.92. The van der Waals surface area contributed by atoms with E-state index in [1.165, 1.54) is 12.8 Å². The molecule has 86 valence electrons. The van der Waals surface area contributed by atoms with E-state index >= 15 is 0 Å². The summed E-state index contributed by atoms with van der Waals surface area (Å²) in [5, 5.41) is 12.0. The first-order chi connectivity index (χ1) is 7.31. The monoisotopic (exact) mass is 213 g/mol. The normalized spacial score (nSPS) is 27.7.